The van der Waals surface area contributed by atoms with Gasteiger partial charge in [0.15, 0.2) is 0 Å². The van der Waals surface area contributed by atoms with Gasteiger partial charge in [-0.2, -0.15) is 5.10 Å². The van der Waals surface area contributed by atoms with Gasteiger partial charge in [-0.25, -0.2) is 0 Å². The Balaban J connectivity index is 2.32. The molecule has 0 atom stereocenters. The van der Waals surface area contributed by atoms with E-state index in [2.05, 4.69) is 15.2 Å². The molecule has 0 fully saturated rings. The lowest BCUT2D eigenvalue weighted by Crippen LogP contribution is -2.14. The van der Waals surface area contributed by atoms with Crippen LogP contribution in [0.3, 0.4) is 0 Å². The van der Waals surface area contributed by atoms with Crippen LogP contribution in [0.1, 0.15) is 19.8 Å². The smallest absolute Gasteiger partial charge is 0.327 e. The zero-order chi connectivity index (χ0) is 14.1. The van der Waals surface area contributed by atoms with Gasteiger partial charge in [0.1, 0.15) is 6.54 Å². The van der Waals surface area contributed by atoms with E-state index in [4.69, 9.17) is 4.74 Å². The maximum Gasteiger partial charge on any atom is 0.327 e. The largest absolute Gasteiger partial charge is 0.468 e. The number of carbonyl (C=O) groups excluding carboxylic acids is 2. The fourth-order valence-corrected chi connectivity index (χ4v) is 1.35. The van der Waals surface area contributed by atoms with E-state index >= 15 is 0 Å². The summed E-state index contributed by atoms with van der Waals surface area (Å²) >= 11 is 0. The molecular weight excluding hydrogens is 250 g/mol. The summed E-state index contributed by atoms with van der Waals surface area (Å²) in [4.78, 5) is 22.6. The van der Waals surface area contributed by atoms with Gasteiger partial charge >= 0.3 is 5.97 Å². The summed E-state index contributed by atoms with van der Waals surface area (Å²) in [6.07, 6.45) is 4.28. The van der Waals surface area contributed by atoms with Crippen LogP contribution in [0, 0.1) is 0 Å². The Morgan fingerprint density at radius 3 is 2.89 bits per heavy atom. The van der Waals surface area contributed by atoms with E-state index in [-0.39, 0.29) is 12.5 Å². The number of anilines is 1. The normalized spacial score (nSPS) is 10.2. The lowest BCUT2D eigenvalue weighted by Gasteiger charge is -2.03. The highest BCUT2D eigenvalue weighted by atomic mass is 16.5. The average Bonchev–Trinajstić information content (AvgIpc) is 2.81. The Morgan fingerprint density at radius 2 is 2.21 bits per heavy atom. The van der Waals surface area contributed by atoms with Crippen LogP contribution < -0.4 is 5.32 Å². The predicted octanol–water partition coefficient (Wildman–Crippen LogP) is 0.811. The third-order valence-electron chi connectivity index (χ3n) is 2.26. The van der Waals surface area contributed by atoms with Crippen molar-refractivity contribution in [2.24, 2.45) is 0 Å². The number of rotatable bonds is 8. The third-order valence-corrected chi connectivity index (χ3v) is 2.26. The van der Waals surface area contributed by atoms with Gasteiger partial charge in [0, 0.05) is 12.8 Å². The maximum absolute atomic E-state index is 11.5. The number of hydrogen-bond acceptors (Lipinski definition) is 5. The van der Waals surface area contributed by atoms with Gasteiger partial charge in [-0.05, 0) is 6.42 Å². The van der Waals surface area contributed by atoms with Crippen LogP contribution in [0.2, 0.25) is 0 Å². The number of ether oxygens (including phenoxy) is 2. The van der Waals surface area contributed by atoms with Crippen LogP contribution in [0.15, 0.2) is 12.4 Å². The average molecular weight is 269 g/mol. The van der Waals surface area contributed by atoms with Crippen molar-refractivity contribution >= 4 is 17.6 Å². The molecule has 0 saturated heterocycles. The monoisotopic (exact) mass is 269 g/mol. The number of nitrogens with one attached hydrogen (secondary N) is 1. The predicted molar refractivity (Wildman–Crippen MR) is 68.6 cm³/mol. The van der Waals surface area contributed by atoms with Crippen molar-refractivity contribution in [1.82, 2.24) is 9.78 Å². The molecule has 0 spiro atoms. The molecule has 0 bridgehead atoms. The minimum atomic E-state index is -0.394. The molecule has 1 aromatic heterocycles. The Morgan fingerprint density at radius 1 is 1.42 bits per heavy atom. The third kappa shape index (κ3) is 6.01. The fraction of sp³-hybridized carbons (Fsp3) is 0.583. The number of carbonyl (C=O) groups is 2. The maximum atomic E-state index is 11.5. The molecule has 0 aliphatic heterocycles. The summed E-state index contributed by atoms with van der Waals surface area (Å²) in [7, 11) is 1.31. The molecule has 1 heterocycles. The molecule has 1 aromatic rings. The van der Waals surface area contributed by atoms with E-state index in [1.165, 1.54) is 18.0 Å². The van der Waals surface area contributed by atoms with E-state index in [0.29, 0.717) is 25.3 Å². The number of nitrogens with zero attached hydrogens (tertiary/aromatic N) is 2. The quantitative estimate of drug-likeness (QED) is 0.558. The summed E-state index contributed by atoms with van der Waals surface area (Å²) in [5.41, 5.74) is 0.546. The number of methoxy groups -OCH3 is 1. The van der Waals surface area contributed by atoms with Gasteiger partial charge in [-0.1, -0.05) is 6.92 Å². The Labute approximate surface area is 111 Å². The highest BCUT2D eigenvalue weighted by molar-refractivity contribution is 5.90. The van der Waals surface area contributed by atoms with E-state index in [1.807, 2.05) is 6.92 Å². The first-order valence-electron chi connectivity index (χ1n) is 6.12. The zero-order valence-electron chi connectivity index (χ0n) is 11.2. The van der Waals surface area contributed by atoms with E-state index in [0.717, 1.165) is 6.42 Å². The van der Waals surface area contributed by atoms with Gasteiger partial charge in [-0.15, -0.1) is 0 Å². The molecular formula is C12H19N3O4. The van der Waals surface area contributed by atoms with Crippen LogP contribution in [0.5, 0.6) is 0 Å². The van der Waals surface area contributed by atoms with Crippen LogP contribution in [0.25, 0.3) is 0 Å². The van der Waals surface area contributed by atoms with Gasteiger partial charge in [-0.3, -0.25) is 14.3 Å². The molecule has 1 rings (SSSR count). The second-order valence-electron chi connectivity index (χ2n) is 3.91. The van der Waals surface area contributed by atoms with Crippen molar-refractivity contribution in [3.05, 3.63) is 12.4 Å². The second kappa shape index (κ2) is 8.25. The van der Waals surface area contributed by atoms with Crippen LogP contribution >= 0.6 is 0 Å². The Hall–Kier alpha value is -1.89. The zero-order valence-corrected chi connectivity index (χ0v) is 11.2. The molecule has 19 heavy (non-hydrogen) atoms. The van der Waals surface area contributed by atoms with Crippen molar-refractivity contribution in [2.75, 3.05) is 25.6 Å². The summed E-state index contributed by atoms with van der Waals surface area (Å²) in [6, 6.07) is 0. The SMILES string of the molecule is CCCOCCC(=O)Nc1cnn(CC(=O)OC)c1. The lowest BCUT2D eigenvalue weighted by atomic mass is 10.4. The summed E-state index contributed by atoms with van der Waals surface area (Å²) < 4.78 is 11.1. The second-order valence-corrected chi connectivity index (χ2v) is 3.91. The summed E-state index contributed by atoms with van der Waals surface area (Å²) in [5.74, 6) is -0.539. The minimum absolute atomic E-state index is 0.0198. The summed E-state index contributed by atoms with van der Waals surface area (Å²) in [5, 5.41) is 6.61. The van der Waals surface area contributed by atoms with Crippen molar-refractivity contribution in [3.8, 4) is 0 Å². The lowest BCUT2D eigenvalue weighted by molar-refractivity contribution is -0.141. The van der Waals surface area contributed by atoms with E-state index < -0.39 is 5.97 Å². The highest BCUT2D eigenvalue weighted by Gasteiger charge is 2.07. The summed E-state index contributed by atoms with van der Waals surface area (Å²) in [6.45, 7) is 3.09. The van der Waals surface area contributed by atoms with Gasteiger partial charge < -0.3 is 14.8 Å². The molecule has 0 aliphatic carbocycles. The Kier molecular flexibility index (Phi) is 6.59. The molecule has 0 unspecified atom stereocenters. The van der Waals surface area contributed by atoms with Gasteiger partial charge in [0.05, 0.1) is 32.0 Å². The van der Waals surface area contributed by atoms with Crippen molar-refractivity contribution in [2.45, 2.75) is 26.3 Å². The molecule has 0 aromatic carbocycles. The van der Waals surface area contributed by atoms with E-state index in [1.54, 1.807) is 6.20 Å². The standard InChI is InChI=1S/C12H19N3O4/c1-3-5-19-6-4-11(16)14-10-7-13-15(8-10)9-12(17)18-2/h7-8H,3-6,9H2,1-2H3,(H,14,16). The highest BCUT2D eigenvalue weighted by Crippen LogP contribution is 2.05. The number of aromatic nitrogens is 2. The molecule has 0 radical (unpaired) electrons. The molecule has 0 saturated carbocycles. The molecule has 7 nitrogen and oxygen atoms in total. The van der Waals surface area contributed by atoms with Crippen molar-refractivity contribution in [3.63, 3.8) is 0 Å². The number of hydrogen-bond donors (Lipinski definition) is 1. The first-order valence-corrected chi connectivity index (χ1v) is 6.12. The molecule has 1 N–H and O–H groups in total. The molecule has 7 heteroatoms. The first-order chi connectivity index (χ1) is 9.15. The van der Waals surface area contributed by atoms with Crippen molar-refractivity contribution in [1.29, 1.82) is 0 Å². The topological polar surface area (TPSA) is 82.5 Å². The molecule has 106 valence electrons. The molecule has 0 aliphatic rings. The number of amides is 1. The van der Waals surface area contributed by atoms with E-state index in [9.17, 15) is 9.59 Å². The van der Waals surface area contributed by atoms with Gasteiger partial charge in [0.25, 0.3) is 0 Å². The van der Waals surface area contributed by atoms with Crippen LogP contribution in [0.4, 0.5) is 5.69 Å². The van der Waals surface area contributed by atoms with Crippen LogP contribution in [-0.4, -0.2) is 42.0 Å². The van der Waals surface area contributed by atoms with Crippen molar-refractivity contribution < 1.29 is 19.1 Å². The Bertz CT molecular complexity index is 417. The number of esters is 1. The van der Waals surface area contributed by atoms with Crippen LogP contribution in [-0.2, 0) is 25.6 Å². The first kappa shape index (κ1) is 15.2. The fourth-order valence-electron chi connectivity index (χ4n) is 1.35. The van der Waals surface area contributed by atoms with Gasteiger partial charge in [0.2, 0.25) is 5.91 Å². The molecule has 1 amide bonds. The minimum Gasteiger partial charge on any atom is -0.468 e.